The maximum absolute atomic E-state index is 12.3. The number of non-ortho nitro benzene ring substituents is 2. The van der Waals surface area contributed by atoms with Gasteiger partial charge in [-0.25, -0.2) is 0 Å². The minimum atomic E-state index is -0.552. The molecular weight excluding hydrogens is 596 g/mol. The molecule has 4 aromatic rings. The van der Waals surface area contributed by atoms with Crippen LogP contribution in [0.15, 0.2) is 109 Å². The van der Waals surface area contributed by atoms with Gasteiger partial charge in [0.15, 0.2) is 19.0 Å². The van der Waals surface area contributed by atoms with Gasteiger partial charge in [-0.15, -0.1) is 0 Å². The topological polar surface area (TPSA) is 180 Å². The van der Waals surface area contributed by atoms with Crippen molar-refractivity contribution in [2.45, 2.75) is 0 Å². The Labute approximate surface area is 262 Å². The number of anilines is 2. The molecule has 0 aromatic heterocycles. The van der Waals surface area contributed by atoms with Gasteiger partial charge in [-0.3, -0.25) is 34.6 Å². The number of benzene rings is 4. The minimum absolute atomic E-state index is 0.138. The molecule has 2 amide bonds. The Morgan fingerprint density at radius 3 is 1.37 bits per heavy atom. The third-order valence-corrected chi connectivity index (χ3v) is 6.06. The van der Waals surface area contributed by atoms with Crippen molar-refractivity contribution in [3.63, 3.8) is 0 Å². The molecule has 46 heavy (non-hydrogen) atoms. The van der Waals surface area contributed by atoms with Crippen molar-refractivity contribution in [2.24, 2.45) is 0 Å². The van der Waals surface area contributed by atoms with Gasteiger partial charge in [0.05, 0.1) is 9.85 Å². The molecule has 4 rings (SSSR count). The summed E-state index contributed by atoms with van der Waals surface area (Å²) in [4.78, 5) is 57.2. The van der Waals surface area contributed by atoms with Crippen LogP contribution < -0.4 is 20.1 Å². The van der Waals surface area contributed by atoms with Crippen LogP contribution in [0.4, 0.5) is 22.7 Å². The molecule has 0 aliphatic rings. The van der Waals surface area contributed by atoms with Crippen molar-refractivity contribution < 1.29 is 33.7 Å². The monoisotopic (exact) mass is 622 g/mol. The van der Waals surface area contributed by atoms with Crippen molar-refractivity contribution in [1.29, 1.82) is 0 Å². The highest BCUT2D eigenvalue weighted by molar-refractivity contribution is 6.04. The number of carbonyl (C=O) groups is 3. The Kier molecular flexibility index (Phi) is 11.0. The van der Waals surface area contributed by atoms with Gasteiger partial charge in [0.1, 0.15) is 11.5 Å². The summed E-state index contributed by atoms with van der Waals surface area (Å²) in [6.07, 6.45) is 6.05. The number of nitro groups is 2. The van der Waals surface area contributed by atoms with Gasteiger partial charge >= 0.3 is 0 Å². The number of hydrogen-bond acceptors (Lipinski definition) is 9. The first-order chi connectivity index (χ1) is 22.1. The largest absolute Gasteiger partial charge is 0.484 e. The van der Waals surface area contributed by atoms with Gasteiger partial charge in [0.2, 0.25) is 0 Å². The second-order valence-corrected chi connectivity index (χ2v) is 9.50. The molecule has 0 bridgehead atoms. The smallest absolute Gasteiger partial charge is 0.271 e. The first kappa shape index (κ1) is 32.3. The highest BCUT2D eigenvalue weighted by Gasteiger charge is 2.10. The van der Waals surface area contributed by atoms with Crippen LogP contribution in [0.25, 0.3) is 12.2 Å². The van der Waals surface area contributed by atoms with Crippen molar-refractivity contribution in [3.8, 4) is 11.5 Å². The SMILES string of the molecule is O=C(/C=C/c1ccc(OCC(=O)Nc2cccc([N+](=O)[O-])c2)cc1)/C=C/c1ccc(OCC(=O)Nc2cccc([N+](=O)[O-])c2)cc1. The summed E-state index contributed by atoms with van der Waals surface area (Å²) < 4.78 is 10.9. The van der Waals surface area contributed by atoms with Crippen LogP contribution in [0, 0.1) is 20.2 Å². The average Bonchev–Trinajstić information content (AvgIpc) is 3.05. The van der Waals surface area contributed by atoms with Crippen LogP contribution in [0.2, 0.25) is 0 Å². The van der Waals surface area contributed by atoms with E-state index in [0.717, 1.165) is 11.1 Å². The molecule has 0 aliphatic carbocycles. The van der Waals surface area contributed by atoms with E-state index >= 15 is 0 Å². The number of hydrogen-bond donors (Lipinski definition) is 2. The lowest BCUT2D eigenvalue weighted by Crippen LogP contribution is -2.20. The first-order valence-corrected chi connectivity index (χ1v) is 13.6. The van der Waals surface area contributed by atoms with E-state index in [1.165, 1.54) is 60.7 Å². The van der Waals surface area contributed by atoms with E-state index in [2.05, 4.69) is 10.6 Å². The lowest BCUT2D eigenvalue weighted by Gasteiger charge is -2.08. The predicted octanol–water partition coefficient (Wildman–Crippen LogP) is 5.83. The van der Waals surface area contributed by atoms with Crippen molar-refractivity contribution >= 4 is 52.5 Å². The number of nitro benzene ring substituents is 2. The summed E-state index contributed by atoms with van der Waals surface area (Å²) in [6.45, 7) is -0.599. The zero-order valence-electron chi connectivity index (χ0n) is 24.0. The summed E-state index contributed by atoms with van der Waals surface area (Å²) in [5.74, 6) is -0.365. The Morgan fingerprint density at radius 1 is 0.609 bits per heavy atom. The number of amides is 2. The maximum atomic E-state index is 12.3. The van der Waals surface area contributed by atoms with E-state index in [9.17, 15) is 34.6 Å². The van der Waals surface area contributed by atoms with Crippen molar-refractivity contribution in [2.75, 3.05) is 23.8 Å². The van der Waals surface area contributed by atoms with Crippen LogP contribution in [-0.4, -0.2) is 40.7 Å². The lowest BCUT2D eigenvalue weighted by atomic mass is 10.1. The number of rotatable bonds is 14. The molecule has 0 saturated carbocycles. The van der Waals surface area contributed by atoms with Crippen LogP contribution in [0.5, 0.6) is 11.5 Å². The van der Waals surface area contributed by atoms with Crippen LogP contribution >= 0.6 is 0 Å². The van der Waals surface area contributed by atoms with Gasteiger partial charge in [-0.05, 0) is 59.7 Å². The summed E-state index contributed by atoms with van der Waals surface area (Å²) in [5, 5.41) is 26.8. The van der Waals surface area contributed by atoms with E-state index in [0.29, 0.717) is 11.5 Å². The third kappa shape index (κ3) is 10.3. The quantitative estimate of drug-likeness (QED) is 0.0993. The molecule has 2 N–H and O–H groups in total. The molecule has 0 spiro atoms. The Hall–Kier alpha value is -6.63. The molecule has 232 valence electrons. The second-order valence-electron chi connectivity index (χ2n) is 9.50. The average molecular weight is 623 g/mol. The zero-order chi connectivity index (χ0) is 32.9. The van der Waals surface area contributed by atoms with E-state index in [1.807, 2.05) is 0 Å². The number of ketones is 1. The number of nitrogens with one attached hydrogen (secondary N) is 2. The first-order valence-electron chi connectivity index (χ1n) is 13.6. The molecule has 0 atom stereocenters. The lowest BCUT2D eigenvalue weighted by molar-refractivity contribution is -0.385. The fourth-order valence-corrected chi connectivity index (χ4v) is 3.85. The van der Waals surface area contributed by atoms with Gasteiger partial charge < -0.3 is 20.1 Å². The summed E-state index contributed by atoms with van der Waals surface area (Å²) in [7, 11) is 0. The molecule has 4 aromatic carbocycles. The molecule has 0 fully saturated rings. The Bertz CT molecular complexity index is 1670. The van der Waals surface area contributed by atoms with Gasteiger partial charge in [0.25, 0.3) is 23.2 Å². The summed E-state index contributed by atoms with van der Waals surface area (Å²) >= 11 is 0. The van der Waals surface area contributed by atoms with Crippen molar-refractivity contribution in [3.05, 3.63) is 141 Å². The Morgan fingerprint density at radius 2 is 1.00 bits per heavy atom. The molecule has 0 heterocycles. The molecule has 0 unspecified atom stereocenters. The van der Waals surface area contributed by atoms with E-state index in [-0.39, 0.29) is 41.7 Å². The minimum Gasteiger partial charge on any atom is -0.484 e. The fraction of sp³-hybridized carbons (Fsp3) is 0.0606. The number of carbonyl (C=O) groups excluding carboxylic acids is 3. The highest BCUT2D eigenvalue weighted by Crippen LogP contribution is 2.19. The molecule has 13 heteroatoms. The summed E-state index contributed by atoms with van der Waals surface area (Å²) in [5.41, 5.74) is 1.75. The number of ether oxygens (including phenoxy) is 2. The summed E-state index contributed by atoms with van der Waals surface area (Å²) in [6, 6.07) is 24.6. The van der Waals surface area contributed by atoms with E-state index < -0.39 is 21.7 Å². The van der Waals surface area contributed by atoms with Crippen LogP contribution in [-0.2, 0) is 14.4 Å². The standard InChI is InChI=1S/C33H26N4O9/c38-29(13-7-23-9-15-30(16-10-23)45-21-32(39)34-25-3-1-5-27(19-25)36(41)42)14-8-24-11-17-31(18-12-24)46-22-33(40)35-26-4-2-6-28(20-26)37(43)44/h1-20H,21-22H2,(H,34,39)(H,35,40)/b13-7+,14-8+. The molecule has 13 nitrogen and oxygen atoms in total. The number of allylic oxidation sites excluding steroid dienone is 2. The van der Waals surface area contributed by atoms with E-state index in [1.54, 1.807) is 60.7 Å². The molecule has 0 radical (unpaired) electrons. The van der Waals surface area contributed by atoms with Gasteiger partial charge in [-0.2, -0.15) is 0 Å². The van der Waals surface area contributed by atoms with Crippen LogP contribution in [0.1, 0.15) is 11.1 Å². The highest BCUT2D eigenvalue weighted by atomic mass is 16.6. The molecule has 0 saturated heterocycles. The molecule has 0 aliphatic heterocycles. The molecular formula is C33H26N4O9. The fourth-order valence-electron chi connectivity index (χ4n) is 3.85. The maximum Gasteiger partial charge on any atom is 0.271 e. The normalized spacial score (nSPS) is 10.8. The Balaban J connectivity index is 1.19. The van der Waals surface area contributed by atoms with Gasteiger partial charge in [-0.1, -0.05) is 48.6 Å². The van der Waals surface area contributed by atoms with Crippen molar-refractivity contribution in [1.82, 2.24) is 0 Å². The van der Waals surface area contributed by atoms with Crippen LogP contribution in [0.3, 0.4) is 0 Å². The predicted molar refractivity (Wildman–Crippen MR) is 170 cm³/mol. The van der Waals surface area contributed by atoms with Gasteiger partial charge in [0, 0.05) is 35.6 Å². The third-order valence-electron chi connectivity index (χ3n) is 6.06. The zero-order valence-corrected chi connectivity index (χ0v) is 24.0. The van der Waals surface area contributed by atoms with E-state index in [4.69, 9.17) is 9.47 Å². The number of nitrogens with zero attached hydrogens (tertiary/aromatic N) is 2. The second kappa shape index (κ2) is 15.7.